The summed E-state index contributed by atoms with van der Waals surface area (Å²) in [4.78, 5) is 29.2. The Morgan fingerprint density at radius 3 is 2.76 bits per heavy atom. The van der Waals surface area contributed by atoms with Crippen LogP contribution in [0.15, 0.2) is 48.5 Å². The van der Waals surface area contributed by atoms with Gasteiger partial charge in [-0.2, -0.15) is 0 Å². The Balaban J connectivity index is 1.23. The van der Waals surface area contributed by atoms with Gasteiger partial charge < -0.3 is 14.5 Å². The fourth-order valence-electron chi connectivity index (χ4n) is 6.12. The maximum Gasteiger partial charge on any atom is 0.257 e. The molecular weight excluding hydrogens is 431 g/mol. The molecule has 180 valence electrons. The lowest BCUT2D eigenvalue weighted by molar-refractivity contribution is -0.128. The Labute approximate surface area is 200 Å². The number of amides is 2. The summed E-state index contributed by atoms with van der Waals surface area (Å²) in [6, 6.07) is 14.4. The summed E-state index contributed by atoms with van der Waals surface area (Å²) in [5.74, 6) is 2.04. The first-order valence-corrected chi connectivity index (χ1v) is 12.6. The molecule has 3 fully saturated rings. The van der Waals surface area contributed by atoms with Crippen molar-refractivity contribution < 1.29 is 18.7 Å². The largest absolute Gasteiger partial charge is 0.491 e. The van der Waals surface area contributed by atoms with E-state index < -0.39 is 0 Å². The molecule has 5 rings (SSSR count). The van der Waals surface area contributed by atoms with Crippen molar-refractivity contribution >= 4 is 11.8 Å². The van der Waals surface area contributed by atoms with Gasteiger partial charge in [-0.15, -0.1) is 0 Å². The van der Waals surface area contributed by atoms with E-state index in [-0.39, 0.29) is 17.6 Å². The van der Waals surface area contributed by atoms with Gasteiger partial charge in [-0.1, -0.05) is 30.7 Å². The normalized spacial score (nSPS) is 24.4. The highest BCUT2D eigenvalue weighted by atomic mass is 19.1. The Bertz CT molecular complexity index is 1040. The third kappa shape index (κ3) is 4.96. The Morgan fingerprint density at radius 1 is 1.06 bits per heavy atom. The first kappa shape index (κ1) is 22.9. The molecule has 2 aromatic rings. The number of ether oxygens (including phenoxy) is 1. The quantitative estimate of drug-likeness (QED) is 0.604. The van der Waals surface area contributed by atoms with Gasteiger partial charge in [0.05, 0.1) is 12.1 Å². The summed E-state index contributed by atoms with van der Waals surface area (Å²) in [5, 5.41) is 0. The summed E-state index contributed by atoms with van der Waals surface area (Å²) < 4.78 is 19.7. The van der Waals surface area contributed by atoms with Crippen LogP contribution in [0.3, 0.4) is 0 Å². The molecule has 6 heteroatoms. The second-order valence-corrected chi connectivity index (χ2v) is 9.99. The maximum atomic E-state index is 13.7. The summed E-state index contributed by atoms with van der Waals surface area (Å²) >= 11 is 0. The molecule has 2 aromatic carbocycles. The van der Waals surface area contributed by atoms with Crippen LogP contribution in [0.25, 0.3) is 0 Å². The number of para-hydroxylation sites is 1. The topological polar surface area (TPSA) is 49.9 Å². The van der Waals surface area contributed by atoms with Gasteiger partial charge in [0, 0.05) is 26.1 Å². The van der Waals surface area contributed by atoms with E-state index in [0.717, 1.165) is 57.3 Å². The Kier molecular flexibility index (Phi) is 6.84. The molecule has 3 aliphatic rings. The van der Waals surface area contributed by atoms with Gasteiger partial charge in [0.25, 0.3) is 5.91 Å². The van der Waals surface area contributed by atoms with Gasteiger partial charge in [0.15, 0.2) is 0 Å². The van der Waals surface area contributed by atoms with Crippen LogP contribution in [0.5, 0.6) is 5.75 Å². The average Bonchev–Trinajstić information content (AvgIpc) is 3.46. The van der Waals surface area contributed by atoms with Crippen molar-refractivity contribution in [3.63, 3.8) is 0 Å². The van der Waals surface area contributed by atoms with Gasteiger partial charge in [-0.05, 0) is 73.3 Å². The lowest BCUT2D eigenvalue weighted by atomic mass is 9.71. The number of hydrogen-bond acceptors (Lipinski definition) is 3. The highest BCUT2D eigenvalue weighted by Gasteiger charge is 2.42. The molecule has 2 aliphatic heterocycles. The van der Waals surface area contributed by atoms with Crippen LogP contribution >= 0.6 is 0 Å². The van der Waals surface area contributed by atoms with Crippen molar-refractivity contribution in [3.05, 3.63) is 65.5 Å². The number of likely N-dealkylation sites (tertiary alicyclic amines) is 2. The van der Waals surface area contributed by atoms with E-state index >= 15 is 0 Å². The van der Waals surface area contributed by atoms with Crippen LogP contribution in [0.2, 0.25) is 0 Å². The zero-order valence-electron chi connectivity index (χ0n) is 19.6. The molecule has 3 atom stereocenters. The first-order valence-electron chi connectivity index (χ1n) is 12.6. The number of rotatable bonds is 7. The van der Waals surface area contributed by atoms with Crippen LogP contribution in [-0.4, -0.2) is 54.4 Å². The van der Waals surface area contributed by atoms with Crippen LogP contribution in [0, 0.1) is 23.6 Å². The molecule has 2 amide bonds. The van der Waals surface area contributed by atoms with Crippen molar-refractivity contribution in [3.8, 4) is 5.75 Å². The van der Waals surface area contributed by atoms with Gasteiger partial charge in [0.2, 0.25) is 5.91 Å². The Morgan fingerprint density at radius 2 is 1.94 bits per heavy atom. The average molecular weight is 465 g/mol. The second kappa shape index (κ2) is 10.2. The van der Waals surface area contributed by atoms with Crippen molar-refractivity contribution in [2.24, 2.45) is 17.8 Å². The summed E-state index contributed by atoms with van der Waals surface area (Å²) in [5.41, 5.74) is 1.64. The van der Waals surface area contributed by atoms with Gasteiger partial charge in [-0.25, -0.2) is 4.39 Å². The smallest absolute Gasteiger partial charge is 0.257 e. The van der Waals surface area contributed by atoms with Crippen molar-refractivity contribution in [1.29, 1.82) is 0 Å². The molecule has 34 heavy (non-hydrogen) atoms. The molecule has 0 bridgehead atoms. The summed E-state index contributed by atoms with van der Waals surface area (Å²) in [7, 11) is 0. The zero-order chi connectivity index (χ0) is 23.5. The highest BCUT2D eigenvalue weighted by molar-refractivity contribution is 5.97. The number of carbonyl (C=O) groups excluding carboxylic acids is 2. The molecule has 0 spiro atoms. The van der Waals surface area contributed by atoms with Crippen LogP contribution < -0.4 is 4.74 Å². The van der Waals surface area contributed by atoms with Crippen LogP contribution in [-0.2, 0) is 11.2 Å². The zero-order valence-corrected chi connectivity index (χ0v) is 19.6. The SMILES string of the molecule is O=C1CCCN1CCOc1ccccc1C(=O)N1C[C@H]2CCC[C@H](Cc3cccc(F)c3)[C@H]2C1. The highest BCUT2D eigenvalue weighted by Crippen LogP contribution is 2.42. The number of carbonyl (C=O) groups is 2. The number of hydrogen-bond donors (Lipinski definition) is 0. The van der Waals surface area contributed by atoms with Crippen molar-refractivity contribution in [1.82, 2.24) is 9.80 Å². The summed E-state index contributed by atoms with van der Waals surface area (Å²) in [6.07, 6.45) is 5.84. The minimum Gasteiger partial charge on any atom is -0.491 e. The van der Waals surface area contributed by atoms with Crippen molar-refractivity contribution in [2.75, 3.05) is 32.8 Å². The van der Waals surface area contributed by atoms with E-state index in [2.05, 4.69) is 0 Å². The third-order valence-corrected chi connectivity index (χ3v) is 7.83. The third-order valence-electron chi connectivity index (χ3n) is 7.83. The van der Waals surface area contributed by atoms with E-state index in [1.54, 1.807) is 12.1 Å². The van der Waals surface area contributed by atoms with Crippen LogP contribution in [0.1, 0.15) is 48.0 Å². The minimum atomic E-state index is -0.182. The van der Waals surface area contributed by atoms with Gasteiger partial charge in [0.1, 0.15) is 18.2 Å². The molecule has 0 N–H and O–H groups in total. The van der Waals surface area contributed by atoms with E-state index in [1.807, 2.05) is 40.1 Å². The van der Waals surface area contributed by atoms with Crippen LogP contribution in [0.4, 0.5) is 4.39 Å². The second-order valence-electron chi connectivity index (χ2n) is 9.99. The minimum absolute atomic E-state index is 0.0201. The first-order chi connectivity index (χ1) is 16.6. The fraction of sp³-hybridized carbons (Fsp3) is 0.500. The molecule has 5 nitrogen and oxygen atoms in total. The lowest BCUT2D eigenvalue weighted by Crippen LogP contribution is -2.31. The van der Waals surface area contributed by atoms with E-state index in [0.29, 0.717) is 48.6 Å². The van der Waals surface area contributed by atoms with E-state index in [4.69, 9.17) is 4.74 Å². The number of benzene rings is 2. The lowest BCUT2D eigenvalue weighted by Gasteiger charge is -2.33. The number of fused-ring (bicyclic) bond motifs is 1. The predicted molar refractivity (Wildman–Crippen MR) is 128 cm³/mol. The molecule has 1 saturated carbocycles. The fourth-order valence-corrected chi connectivity index (χ4v) is 6.12. The summed E-state index contributed by atoms with van der Waals surface area (Å²) in [6.45, 7) is 3.25. The van der Waals surface area contributed by atoms with E-state index in [1.165, 1.54) is 6.07 Å². The molecule has 0 unspecified atom stereocenters. The molecule has 0 aromatic heterocycles. The Hall–Kier alpha value is -2.89. The number of halogens is 1. The van der Waals surface area contributed by atoms with E-state index in [9.17, 15) is 14.0 Å². The predicted octanol–water partition coefficient (Wildman–Crippen LogP) is 4.56. The monoisotopic (exact) mass is 464 g/mol. The standard InChI is InChI=1S/C28H33FN2O3/c29-23-9-3-6-20(17-23)16-21-7-4-8-22-18-31(19-25(21)22)28(33)24-10-1-2-11-26(24)34-15-14-30-13-5-12-27(30)32/h1-3,6,9-11,17,21-22,25H,4-5,7-8,12-16,18-19H2/t21-,22-,25-/m1/s1. The molecule has 0 radical (unpaired) electrons. The number of nitrogens with zero attached hydrogens (tertiary/aromatic N) is 2. The van der Waals surface area contributed by atoms with Crippen molar-refractivity contribution in [2.45, 2.75) is 38.5 Å². The molecule has 1 aliphatic carbocycles. The van der Waals surface area contributed by atoms with Gasteiger partial charge in [-0.3, -0.25) is 9.59 Å². The molecule has 2 heterocycles. The molecule has 2 saturated heterocycles. The maximum absolute atomic E-state index is 13.7. The molecular formula is C28H33FN2O3. The van der Waals surface area contributed by atoms with Gasteiger partial charge >= 0.3 is 0 Å².